The molecule has 0 bridgehead atoms. The first kappa shape index (κ1) is 12.8. The van der Waals surface area contributed by atoms with E-state index in [-0.39, 0.29) is 5.92 Å². The van der Waals surface area contributed by atoms with Gasteiger partial charge in [0.2, 0.25) is 0 Å². The van der Waals surface area contributed by atoms with Crippen LogP contribution in [0, 0.1) is 5.92 Å². The lowest BCUT2D eigenvalue weighted by molar-refractivity contribution is 0.00481. The van der Waals surface area contributed by atoms with E-state index < -0.39 is 5.60 Å². The van der Waals surface area contributed by atoms with Crippen molar-refractivity contribution in [1.82, 2.24) is 0 Å². The first-order valence-corrected chi connectivity index (χ1v) is 5.39. The molecule has 0 spiro atoms. The van der Waals surface area contributed by atoms with E-state index in [4.69, 9.17) is 9.47 Å². The van der Waals surface area contributed by atoms with Crippen molar-refractivity contribution < 1.29 is 14.6 Å². The molecule has 1 aromatic rings. The van der Waals surface area contributed by atoms with Crippen LogP contribution in [0.2, 0.25) is 0 Å². The van der Waals surface area contributed by atoms with Crippen LogP contribution in [0.25, 0.3) is 0 Å². The first-order valence-electron chi connectivity index (χ1n) is 5.39. The predicted octanol–water partition coefficient (Wildman–Crippen LogP) is 2.57. The van der Waals surface area contributed by atoms with Crippen LogP contribution in [0.4, 0.5) is 0 Å². The van der Waals surface area contributed by atoms with Gasteiger partial charge in [-0.3, -0.25) is 0 Å². The van der Waals surface area contributed by atoms with E-state index in [1.54, 1.807) is 21.1 Å². The standard InChI is InChI=1S/C13H20O3/c1-9(2)13(3,14)12-10(15-4)7-6-8-11(12)16-5/h6-9,14H,1-5H3. The highest BCUT2D eigenvalue weighted by Gasteiger charge is 2.33. The lowest BCUT2D eigenvalue weighted by atomic mass is 9.84. The van der Waals surface area contributed by atoms with Gasteiger partial charge >= 0.3 is 0 Å². The summed E-state index contributed by atoms with van der Waals surface area (Å²) in [5.74, 6) is 1.37. The van der Waals surface area contributed by atoms with Crippen molar-refractivity contribution >= 4 is 0 Å². The van der Waals surface area contributed by atoms with E-state index in [1.165, 1.54) is 0 Å². The van der Waals surface area contributed by atoms with Crippen molar-refractivity contribution in [2.75, 3.05) is 14.2 Å². The molecule has 0 aromatic heterocycles. The van der Waals surface area contributed by atoms with Crippen molar-refractivity contribution in [3.63, 3.8) is 0 Å². The molecular weight excluding hydrogens is 204 g/mol. The number of ether oxygens (including phenoxy) is 2. The Bertz CT molecular complexity index is 334. The summed E-state index contributed by atoms with van der Waals surface area (Å²) in [4.78, 5) is 0. The number of hydrogen-bond acceptors (Lipinski definition) is 3. The summed E-state index contributed by atoms with van der Waals surface area (Å²) < 4.78 is 10.6. The summed E-state index contributed by atoms with van der Waals surface area (Å²) in [5, 5.41) is 10.5. The molecule has 90 valence electrons. The maximum Gasteiger partial charge on any atom is 0.128 e. The second kappa shape index (κ2) is 4.74. The van der Waals surface area contributed by atoms with Crippen LogP contribution in [-0.4, -0.2) is 19.3 Å². The van der Waals surface area contributed by atoms with Crippen molar-refractivity contribution in [3.05, 3.63) is 23.8 Å². The lowest BCUT2D eigenvalue weighted by Crippen LogP contribution is -2.29. The van der Waals surface area contributed by atoms with Gasteiger partial charge in [0.25, 0.3) is 0 Å². The topological polar surface area (TPSA) is 38.7 Å². The van der Waals surface area contributed by atoms with Crippen LogP contribution >= 0.6 is 0 Å². The molecular formula is C13H20O3. The average molecular weight is 224 g/mol. The van der Waals surface area contributed by atoms with Crippen molar-refractivity contribution in [1.29, 1.82) is 0 Å². The SMILES string of the molecule is COc1cccc(OC)c1C(C)(O)C(C)C. The molecule has 0 saturated heterocycles. The fourth-order valence-electron chi connectivity index (χ4n) is 1.64. The lowest BCUT2D eigenvalue weighted by Gasteiger charge is -2.31. The summed E-state index contributed by atoms with van der Waals surface area (Å²) in [5.41, 5.74) is -0.271. The van der Waals surface area contributed by atoms with Crippen molar-refractivity contribution in [2.45, 2.75) is 26.4 Å². The van der Waals surface area contributed by atoms with Gasteiger partial charge in [0.1, 0.15) is 11.5 Å². The highest BCUT2D eigenvalue weighted by Crippen LogP contribution is 2.41. The molecule has 1 N–H and O–H groups in total. The van der Waals surface area contributed by atoms with Crippen molar-refractivity contribution in [3.8, 4) is 11.5 Å². The monoisotopic (exact) mass is 224 g/mol. The van der Waals surface area contributed by atoms with Crippen LogP contribution in [0.5, 0.6) is 11.5 Å². The van der Waals surface area contributed by atoms with E-state index in [2.05, 4.69) is 0 Å². The number of benzene rings is 1. The summed E-state index contributed by atoms with van der Waals surface area (Å²) in [6.07, 6.45) is 0. The van der Waals surface area contributed by atoms with Crippen LogP contribution in [-0.2, 0) is 5.60 Å². The molecule has 0 saturated carbocycles. The Balaban J connectivity index is 3.39. The Morgan fingerprint density at radius 1 is 1.12 bits per heavy atom. The van der Waals surface area contributed by atoms with Gasteiger partial charge in [0.15, 0.2) is 0 Å². The summed E-state index contributed by atoms with van der Waals surface area (Å²) in [6.45, 7) is 5.70. The molecule has 1 atom stereocenters. The number of hydrogen-bond donors (Lipinski definition) is 1. The summed E-state index contributed by atoms with van der Waals surface area (Å²) in [6, 6.07) is 5.50. The van der Waals surface area contributed by atoms with Crippen LogP contribution in [0.15, 0.2) is 18.2 Å². The molecule has 16 heavy (non-hydrogen) atoms. The first-order chi connectivity index (χ1) is 7.45. The van der Waals surface area contributed by atoms with Crippen molar-refractivity contribution in [2.24, 2.45) is 5.92 Å². The Kier molecular flexibility index (Phi) is 3.81. The van der Waals surface area contributed by atoms with E-state index in [0.717, 1.165) is 0 Å². The molecule has 0 aliphatic heterocycles. The number of aliphatic hydroxyl groups is 1. The molecule has 0 aliphatic carbocycles. The minimum atomic E-state index is -0.974. The smallest absolute Gasteiger partial charge is 0.128 e. The van der Waals surface area contributed by atoms with Gasteiger partial charge in [-0.1, -0.05) is 19.9 Å². The van der Waals surface area contributed by atoms with Gasteiger partial charge in [-0.05, 0) is 25.0 Å². The molecule has 0 amide bonds. The predicted molar refractivity (Wildman–Crippen MR) is 64.0 cm³/mol. The van der Waals surface area contributed by atoms with Gasteiger partial charge in [-0.25, -0.2) is 0 Å². The molecule has 3 nitrogen and oxygen atoms in total. The van der Waals surface area contributed by atoms with Gasteiger partial charge in [-0.2, -0.15) is 0 Å². The molecule has 0 radical (unpaired) electrons. The van der Waals surface area contributed by atoms with Gasteiger partial charge in [0, 0.05) is 0 Å². The minimum absolute atomic E-state index is 0.0673. The van der Waals surface area contributed by atoms with Gasteiger partial charge in [0.05, 0.1) is 25.4 Å². The Hall–Kier alpha value is -1.22. The van der Waals surface area contributed by atoms with E-state index in [0.29, 0.717) is 17.1 Å². The largest absolute Gasteiger partial charge is 0.496 e. The Morgan fingerprint density at radius 2 is 1.56 bits per heavy atom. The fourth-order valence-corrected chi connectivity index (χ4v) is 1.64. The number of methoxy groups -OCH3 is 2. The zero-order valence-electron chi connectivity index (χ0n) is 10.6. The molecule has 1 unspecified atom stereocenters. The second-order valence-corrected chi connectivity index (χ2v) is 4.34. The fraction of sp³-hybridized carbons (Fsp3) is 0.538. The Labute approximate surface area is 97.0 Å². The van der Waals surface area contributed by atoms with Crippen LogP contribution in [0.1, 0.15) is 26.3 Å². The normalized spacial score (nSPS) is 14.7. The molecule has 1 rings (SSSR count). The Morgan fingerprint density at radius 3 is 1.88 bits per heavy atom. The third kappa shape index (κ3) is 2.14. The molecule has 3 heteroatoms. The minimum Gasteiger partial charge on any atom is -0.496 e. The van der Waals surface area contributed by atoms with Gasteiger partial charge in [-0.15, -0.1) is 0 Å². The average Bonchev–Trinajstić information content (AvgIpc) is 2.27. The van der Waals surface area contributed by atoms with Gasteiger partial charge < -0.3 is 14.6 Å². The summed E-state index contributed by atoms with van der Waals surface area (Å²) >= 11 is 0. The maximum atomic E-state index is 10.5. The molecule has 0 fully saturated rings. The van der Waals surface area contributed by atoms with E-state index in [9.17, 15) is 5.11 Å². The second-order valence-electron chi connectivity index (χ2n) is 4.34. The van der Waals surface area contributed by atoms with Crippen LogP contribution in [0.3, 0.4) is 0 Å². The van der Waals surface area contributed by atoms with E-state index in [1.807, 2.05) is 32.0 Å². The third-order valence-electron chi connectivity index (χ3n) is 3.06. The zero-order chi connectivity index (χ0) is 12.3. The van der Waals surface area contributed by atoms with Crippen LogP contribution < -0.4 is 9.47 Å². The summed E-state index contributed by atoms with van der Waals surface area (Å²) in [7, 11) is 3.18. The molecule has 0 heterocycles. The molecule has 1 aromatic carbocycles. The number of rotatable bonds is 4. The quantitative estimate of drug-likeness (QED) is 0.854. The molecule has 0 aliphatic rings. The van der Waals surface area contributed by atoms with E-state index >= 15 is 0 Å². The maximum absolute atomic E-state index is 10.5. The third-order valence-corrected chi connectivity index (χ3v) is 3.06. The highest BCUT2D eigenvalue weighted by atomic mass is 16.5. The highest BCUT2D eigenvalue weighted by molar-refractivity contribution is 5.48. The zero-order valence-corrected chi connectivity index (χ0v) is 10.6.